The van der Waals surface area contributed by atoms with Crippen LogP contribution in [0.5, 0.6) is 5.75 Å². The fourth-order valence-corrected chi connectivity index (χ4v) is 3.22. The highest BCUT2D eigenvalue weighted by Crippen LogP contribution is 2.29. The van der Waals surface area contributed by atoms with E-state index in [1.165, 1.54) is 23.5 Å². The molecule has 0 aliphatic carbocycles. The van der Waals surface area contributed by atoms with E-state index in [1.807, 2.05) is 18.2 Å². The van der Waals surface area contributed by atoms with Crippen LogP contribution in [-0.4, -0.2) is 18.6 Å². The van der Waals surface area contributed by atoms with E-state index in [2.05, 4.69) is 23.5 Å². The quantitative estimate of drug-likeness (QED) is 0.923. The summed E-state index contributed by atoms with van der Waals surface area (Å²) in [5.41, 5.74) is 2.35. The maximum Gasteiger partial charge on any atom is 0.119 e. The van der Waals surface area contributed by atoms with Gasteiger partial charge in [0.1, 0.15) is 15.8 Å². The summed E-state index contributed by atoms with van der Waals surface area (Å²) in [6.07, 6.45) is 7.71. The maximum atomic E-state index is 5.23. The van der Waals surface area contributed by atoms with Crippen LogP contribution in [0.1, 0.15) is 29.1 Å². The van der Waals surface area contributed by atoms with E-state index < -0.39 is 0 Å². The van der Waals surface area contributed by atoms with E-state index in [0.29, 0.717) is 0 Å². The molecule has 0 amide bonds. The number of nitrogens with zero attached hydrogens (tertiary/aromatic N) is 1. The molecule has 0 saturated carbocycles. The largest absolute Gasteiger partial charge is 0.497 e. The van der Waals surface area contributed by atoms with E-state index in [0.717, 1.165) is 29.3 Å². The first kappa shape index (κ1) is 13.2. The second-order valence-electron chi connectivity index (χ2n) is 4.82. The predicted octanol–water partition coefficient (Wildman–Crippen LogP) is 4.07. The molecule has 3 nitrogen and oxygen atoms in total. The summed E-state index contributed by atoms with van der Waals surface area (Å²) in [5, 5.41) is 5.77. The highest BCUT2D eigenvalue weighted by atomic mass is 32.1. The molecule has 1 N–H and O–H groups in total. The molecule has 0 unspecified atom stereocenters. The lowest BCUT2D eigenvalue weighted by Crippen LogP contribution is -1.96. The Balaban J connectivity index is 1.78. The van der Waals surface area contributed by atoms with Crippen molar-refractivity contribution < 1.29 is 4.74 Å². The lowest BCUT2D eigenvalue weighted by atomic mass is 10.2. The Hall–Kier alpha value is -1.81. The van der Waals surface area contributed by atoms with E-state index >= 15 is 0 Å². The van der Waals surface area contributed by atoms with Crippen molar-refractivity contribution in [3.8, 4) is 5.75 Å². The van der Waals surface area contributed by atoms with Crippen LogP contribution in [0.4, 0.5) is 5.00 Å². The van der Waals surface area contributed by atoms with Gasteiger partial charge >= 0.3 is 0 Å². The molecule has 0 fully saturated rings. The van der Waals surface area contributed by atoms with E-state index in [4.69, 9.17) is 9.72 Å². The third kappa shape index (κ3) is 3.02. The summed E-state index contributed by atoms with van der Waals surface area (Å²) in [4.78, 5) is 4.71. The molecular formula is C16H18N2OS. The zero-order chi connectivity index (χ0) is 13.8. The number of hydrogen-bond donors (Lipinski definition) is 1. The van der Waals surface area contributed by atoms with Gasteiger partial charge in [0.15, 0.2) is 0 Å². The van der Waals surface area contributed by atoms with Crippen LogP contribution in [0.3, 0.4) is 0 Å². The number of aryl methyl sites for hydroxylation is 1. The van der Waals surface area contributed by atoms with E-state index in [9.17, 15) is 0 Å². The van der Waals surface area contributed by atoms with Crippen molar-refractivity contribution >= 4 is 28.5 Å². The third-order valence-corrected chi connectivity index (χ3v) is 4.37. The smallest absolute Gasteiger partial charge is 0.119 e. The number of ether oxygens (including phenoxy) is 1. The standard InChI is InChI=1S/C16H18N2OS/c1-19-13-6-4-5-12(11-13)8-9-15-18-14-7-2-3-10-17-16(14)20-15/h4-6,8-9,11,17H,2-3,7,10H2,1H3/b9-8+. The molecule has 0 saturated heterocycles. The monoisotopic (exact) mass is 286 g/mol. The van der Waals surface area contributed by atoms with Crippen molar-refractivity contribution in [1.82, 2.24) is 4.98 Å². The lowest BCUT2D eigenvalue weighted by molar-refractivity contribution is 0.414. The summed E-state index contributed by atoms with van der Waals surface area (Å²) < 4.78 is 5.23. The van der Waals surface area contributed by atoms with Gasteiger partial charge in [-0.15, -0.1) is 0 Å². The van der Waals surface area contributed by atoms with Gasteiger partial charge in [-0.25, -0.2) is 4.98 Å². The van der Waals surface area contributed by atoms with E-state index in [-0.39, 0.29) is 0 Å². The highest BCUT2D eigenvalue weighted by molar-refractivity contribution is 7.16. The molecule has 20 heavy (non-hydrogen) atoms. The first-order valence-corrected chi connectivity index (χ1v) is 7.72. The minimum Gasteiger partial charge on any atom is -0.497 e. The number of thiazole rings is 1. The van der Waals surface area contributed by atoms with Gasteiger partial charge in [-0.1, -0.05) is 29.5 Å². The molecule has 3 rings (SSSR count). The summed E-state index contributed by atoms with van der Waals surface area (Å²) in [7, 11) is 1.69. The summed E-state index contributed by atoms with van der Waals surface area (Å²) >= 11 is 1.74. The number of anilines is 1. The minimum atomic E-state index is 0.878. The molecule has 1 aliphatic heterocycles. The van der Waals surface area contributed by atoms with Gasteiger partial charge in [0.25, 0.3) is 0 Å². The predicted molar refractivity (Wildman–Crippen MR) is 85.5 cm³/mol. The summed E-state index contributed by atoms with van der Waals surface area (Å²) in [6.45, 7) is 1.06. The van der Waals surface area contributed by atoms with Gasteiger partial charge < -0.3 is 10.1 Å². The van der Waals surface area contributed by atoms with Crippen molar-refractivity contribution in [2.75, 3.05) is 19.0 Å². The average molecular weight is 286 g/mol. The van der Waals surface area contributed by atoms with Gasteiger partial charge in [0.05, 0.1) is 12.8 Å². The van der Waals surface area contributed by atoms with Crippen molar-refractivity contribution in [3.63, 3.8) is 0 Å². The van der Waals surface area contributed by atoms with Gasteiger partial charge in [0, 0.05) is 6.54 Å². The molecule has 0 bridgehead atoms. The van der Waals surface area contributed by atoms with Crippen LogP contribution in [-0.2, 0) is 6.42 Å². The lowest BCUT2D eigenvalue weighted by Gasteiger charge is -1.99. The molecule has 0 atom stereocenters. The zero-order valence-electron chi connectivity index (χ0n) is 11.6. The topological polar surface area (TPSA) is 34.1 Å². The van der Waals surface area contributed by atoms with Crippen molar-refractivity contribution in [3.05, 3.63) is 40.5 Å². The van der Waals surface area contributed by atoms with Gasteiger partial charge in [0.2, 0.25) is 0 Å². The van der Waals surface area contributed by atoms with Gasteiger partial charge in [-0.2, -0.15) is 0 Å². The summed E-state index contributed by atoms with van der Waals surface area (Å²) in [5.74, 6) is 0.878. The average Bonchev–Trinajstić information content (AvgIpc) is 2.75. The Morgan fingerprint density at radius 3 is 3.15 bits per heavy atom. The Kier molecular flexibility index (Phi) is 4.02. The minimum absolute atomic E-state index is 0.878. The van der Waals surface area contributed by atoms with Crippen molar-refractivity contribution in [2.24, 2.45) is 0 Å². The molecule has 0 radical (unpaired) electrons. The molecule has 1 aliphatic rings. The number of benzene rings is 1. The molecule has 104 valence electrons. The molecule has 2 heterocycles. The fourth-order valence-electron chi connectivity index (χ4n) is 2.28. The zero-order valence-corrected chi connectivity index (χ0v) is 12.4. The number of fused-ring (bicyclic) bond motifs is 1. The number of aromatic nitrogens is 1. The Morgan fingerprint density at radius 1 is 1.30 bits per heavy atom. The molecule has 4 heteroatoms. The molecule has 2 aromatic rings. The van der Waals surface area contributed by atoms with E-state index in [1.54, 1.807) is 18.4 Å². The first-order valence-electron chi connectivity index (χ1n) is 6.91. The second kappa shape index (κ2) is 6.09. The second-order valence-corrected chi connectivity index (χ2v) is 5.85. The number of rotatable bonds is 3. The van der Waals surface area contributed by atoms with Crippen LogP contribution in [0.2, 0.25) is 0 Å². The van der Waals surface area contributed by atoms with Crippen LogP contribution < -0.4 is 10.1 Å². The normalized spacial score (nSPS) is 14.7. The SMILES string of the molecule is COc1cccc(/C=C/c2nc3c(s2)NCCCC3)c1. The fraction of sp³-hybridized carbons (Fsp3) is 0.312. The number of methoxy groups -OCH3 is 1. The third-order valence-electron chi connectivity index (χ3n) is 3.35. The van der Waals surface area contributed by atoms with Crippen molar-refractivity contribution in [2.45, 2.75) is 19.3 Å². The van der Waals surface area contributed by atoms with Crippen LogP contribution in [0, 0.1) is 0 Å². The Labute approximate surface area is 123 Å². The van der Waals surface area contributed by atoms with Gasteiger partial charge in [-0.05, 0) is 43.0 Å². The molecular weight excluding hydrogens is 268 g/mol. The first-order chi connectivity index (χ1) is 9.85. The van der Waals surface area contributed by atoms with Crippen molar-refractivity contribution in [1.29, 1.82) is 0 Å². The molecule has 1 aromatic heterocycles. The number of hydrogen-bond acceptors (Lipinski definition) is 4. The Bertz CT molecular complexity index is 595. The Morgan fingerprint density at radius 2 is 2.25 bits per heavy atom. The van der Waals surface area contributed by atoms with Crippen LogP contribution in [0.15, 0.2) is 24.3 Å². The number of nitrogens with one attached hydrogen (secondary N) is 1. The molecule has 0 spiro atoms. The van der Waals surface area contributed by atoms with Crippen LogP contribution in [0.25, 0.3) is 12.2 Å². The summed E-state index contributed by atoms with van der Waals surface area (Å²) in [6, 6.07) is 8.03. The maximum absolute atomic E-state index is 5.23. The molecule has 1 aromatic carbocycles. The van der Waals surface area contributed by atoms with Gasteiger partial charge in [-0.3, -0.25) is 0 Å². The van der Waals surface area contributed by atoms with Crippen LogP contribution >= 0.6 is 11.3 Å². The highest BCUT2D eigenvalue weighted by Gasteiger charge is 2.12.